The molecule has 0 fully saturated rings. The van der Waals surface area contributed by atoms with E-state index in [4.69, 9.17) is 23.2 Å². The number of halogens is 2. The molecule has 236 valence electrons. The number of aryl methyl sites for hydroxylation is 1. The zero-order chi connectivity index (χ0) is 33.6. The second kappa shape index (κ2) is 12.0. The van der Waals surface area contributed by atoms with Crippen molar-refractivity contribution in [3.8, 4) is 5.75 Å². The molecule has 2 N–H and O–H groups in total. The van der Waals surface area contributed by atoms with Crippen molar-refractivity contribution in [2.45, 2.75) is 11.8 Å². The summed E-state index contributed by atoms with van der Waals surface area (Å²) in [5.41, 5.74) is -0.264. The first kappa shape index (κ1) is 31.4. The van der Waals surface area contributed by atoms with Gasteiger partial charge >= 0.3 is 0 Å². The van der Waals surface area contributed by atoms with Crippen LogP contribution in [-0.2, 0) is 14.8 Å². The number of amidine groups is 1. The van der Waals surface area contributed by atoms with Gasteiger partial charge in [0.25, 0.3) is 27.2 Å². The van der Waals surface area contributed by atoms with E-state index in [1.165, 1.54) is 37.3 Å². The van der Waals surface area contributed by atoms with Gasteiger partial charge in [-0.2, -0.15) is 9.69 Å². The van der Waals surface area contributed by atoms with Gasteiger partial charge in [-0.15, -0.1) is 0 Å². The monoisotopic (exact) mass is 690 g/mol. The molecule has 1 aliphatic rings. The van der Waals surface area contributed by atoms with Crippen LogP contribution < -0.4 is 15.3 Å². The van der Waals surface area contributed by atoms with Gasteiger partial charge in [0.2, 0.25) is 0 Å². The highest BCUT2D eigenvalue weighted by Crippen LogP contribution is 2.36. The van der Waals surface area contributed by atoms with Crippen LogP contribution in [-0.4, -0.2) is 39.9 Å². The minimum absolute atomic E-state index is 0.00155. The number of rotatable bonds is 7. The third-order valence-electron chi connectivity index (χ3n) is 7.03. The number of nitrogens with zero attached hydrogens (tertiary/aromatic N) is 5. The fourth-order valence-electron chi connectivity index (χ4n) is 4.82. The smallest absolute Gasteiger partial charge is 0.297 e. The van der Waals surface area contributed by atoms with Crippen LogP contribution in [0.15, 0.2) is 105 Å². The molecule has 0 unspecified atom stereocenters. The van der Waals surface area contributed by atoms with Gasteiger partial charge in [0, 0.05) is 17.7 Å². The van der Waals surface area contributed by atoms with Crippen LogP contribution in [0.25, 0.3) is 17.0 Å². The number of fused-ring (bicyclic) bond motifs is 1. The molecule has 0 aliphatic carbocycles. The Kier molecular flexibility index (Phi) is 8.01. The quantitative estimate of drug-likeness (QED) is 0.130. The second-order valence-electron chi connectivity index (χ2n) is 10.1. The number of carbonyl (C=O) groups excluding carboxylic acids is 1. The van der Waals surface area contributed by atoms with Crippen LogP contribution in [0.4, 0.5) is 11.4 Å². The molecule has 0 radical (unpaired) electrons. The number of sulfonamides is 1. The summed E-state index contributed by atoms with van der Waals surface area (Å²) in [7, 11) is -4.45. The lowest BCUT2D eigenvalue weighted by Gasteiger charge is -2.22. The second-order valence-corrected chi connectivity index (χ2v) is 12.6. The molecule has 1 amide bonds. The molecular weight excluding hydrogens is 671 g/mol. The number of phenolic OH excluding ortho intramolecular Hbond substituents is 1. The molecule has 0 spiro atoms. The van der Waals surface area contributed by atoms with Crippen LogP contribution in [0.3, 0.4) is 0 Å². The van der Waals surface area contributed by atoms with Crippen molar-refractivity contribution >= 4 is 73.3 Å². The predicted octanol–water partition coefficient (Wildman–Crippen LogP) is 5.39. The Morgan fingerprint density at radius 2 is 1.62 bits per heavy atom. The lowest BCUT2D eigenvalue weighted by atomic mass is 10.2. The Labute approximate surface area is 275 Å². The number of aromatic hydroxyl groups is 1. The normalized spacial score (nSPS) is 14.1. The van der Waals surface area contributed by atoms with Gasteiger partial charge in [-0.1, -0.05) is 65.7 Å². The summed E-state index contributed by atoms with van der Waals surface area (Å²) in [6, 6.07) is 20.3. The fourth-order valence-corrected chi connectivity index (χ4v) is 6.63. The molecule has 16 heteroatoms. The van der Waals surface area contributed by atoms with E-state index in [1.807, 2.05) is 0 Å². The first-order valence-corrected chi connectivity index (χ1v) is 15.8. The van der Waals surface area contributed by atoms with E-state index in [0.29, 0.717) is 11.1 Å². The van der Waals surface area contributed by atoms with E-state index in [9.17, 15) is 33.2 Å². The molecule has 5 aromatic rings. The van der Waals surface area contributed by atoms with Gasteiger partial charge in [-0.05, 0) is 48.9 Å². The van der Waals surface area contributed by atoms with Crippen molar-refractivity contribution in [2.24, 2.45) is 4.99 Å². The van der Waals surface area contributed by atoms with Crippen LogP contribution in [0, 0.1) is 17.0 Å². The zero-order valence-corrected chi connectivity index (χ0v) is 26.3. The molecular formula is C31H20Cl2N6O7S. The molecule has 4 aromatic carbocycles. The van der Waals surface area contributed by atoms with Gasteiger partial charge in [0.05, 0.1) is 36.5 Å². The highest BCUT2D eigenvalue weighted by molar-refractivity contribution is 7.92. The third-order valence-corrected chi connectivity index (χ3v) is 8.97. The average molecular weight is 692 g/mol. The number of benzene rings is 4. The molecule has 0 saturated heterocycles. The zero-order valence-electron chi connectivity index (χ0n) is 24.0. The van der Waals surface area contributed by atoms with Gasteiger partial charge in [-0.25, -0.2) is 18.4 Å². The maximum Gasteiger partial charge on any atom is 0.297 e. The number of amides is 1. The Morgan fingerprint density at radius 1 is 0.957 bits per heavy atom. The Bertz CT molecular complexity index is 2340. The highest BCUT2D eigenvalue weighted by atomic mass is 35.5. The maximum atomic E-state index is 14.1. The minimum atomic E-state index is -4.45. The van der Waals surface area contributed by atoms with E-state index in [0.717, 1.165) is 27.9 Å². The van der Waals surface area contributed by atoms with Crippen molar-refractivity contribution in [3.05, 3.63) is 138 Å². The predicted molar refractivity (Wildman–Crippen MR) is 177 cm³/mol. The number of nitro benzene ring substituents is 1. The molecule has 2 heterocycles. The molecule has 13 nitrogen and oxygen atoms in total. The molecule has 0 saturated carbocycles. The number of hydrogen-bond acceptors (Lipinski definition) is 9. The van der Waals surface area contributed by atoms with Gasteiger partial charge in [-0.3, -0.25) is 24.4 Å². The third kappa shape index (κ3) is 5.92. The number of phenols is 1. The number of nitro groups is 1. The van der Waals surface area contributed by atoms with Crippen molar-refractivity contribution in [1.82, 2.24) is 9.66 Å². The summed E-state index contributed by atoms with van der Waals surface area (Å²) >= 11 is 12.2. The largest absolute Gasteiger partial charge is 0.508 e. The van der Waals surface area contributed by atoms with Gasteiger partial charge in [0.1, 0.15) is 17.3 Å². The molecule has 47 heavy (non-hydrogen) atoms. The van der Waals surface area contributed by atoms with Crippen molar-refractivity contribution < 1.29 is 23.2 Å². The molecule has 1 aliphatic heterocycles. The Balaban J connectivity index is 1.46. The standard InChI is InChI=1S/C31H20Cl2N6O7S/c1-17-34-26-12-11-22(47(45,46)36-28-24(32)14-20(39(43)44)15-25(28)33)16-23(26)30(41)37(17)38-29(19-5-3-2-4-6-19)35-27(31(38)42)13-18-7-9-21(40)10-8-18/h2-16,36,40H,1H3/b27-13-. The summed E-state index contributed by atoms with van der Waals surface area (Å²) < 4.78 is 30.1. The van der Waals surface area contributed by atoms with Crippen molar-refractivity contribution in [1.29, 1.82) is 0 Å². The topological polar surface area (TPSA) is 177 Å². The van der Waals surface area contributed by atoms with Gasteiger partial charge < -0.3 is 5.11 Å². The van der Waals surface area contributed by atoms with E-state index in [1.54, 1.807) is 42.5 Å². The Hall–Kier alpha value is -5.57. The average Bonchev–Trinajstić information content (AvgIpc) is 3.35. The molecule has 0 bridgehead atoms. The van der Waals surface area contributed by atoms with Crippen LogP contribution in [0.2, 0.25) is 10.0 Å². The van der Waals surface area contributed by atoms with Gasteiger partial charge in [0.15, 0.2) is 5.84 Å². The lowest BCUT2D eigenvalue weighted by Crippen LogP contribution is -2.49. The number of aromatic nitrogens is 2. The van der Waals surface area contributed by atoms with E-state index in [-0.39, 0.29) is 54.6 Å². The van der Waals surface area contributed by atoms with Crippen LogP contribution in [0.1, 0.15) is 17.0 Å². The fraction of sp³-hybridized carbons (Fsp3) is 0.0323. The molecule has 1 aromatic heterocycles. The van der Waals surface area contributed by atoms with Crippen LogP contribution in [0.5, 0.6) is 5.75 Å². The van der Waals surface area contributed by atoms with Crippen molar-refractivity contribution in [2.75, 3.05) is 9.73 Å². The van der Waals surface area contributed by atoms with E-state index in [2.05, 4.69) is 14.7 Å². The summed E-state index contributed by atoms with van der Waals surface area (Å²) in [6.07, 6.45) is 1.50. The van der Waals surface area contributed by atoms with Crippen LogP contribution >= 0.6 is 23.2 Å². The Morgan fingerprint density at radius 3 is 2.26 bits per heavy atom. The first-order valence-electron chi connectivity index (χ1n) is 13.5. The van der Waals surface area contributed by atoms with E-state index < -0.39 is 32.1 Å². The maximum absolute atomic E-state index is 14.1. The first-order chi connectivity index (χ1) is 22.3. The molecule has 0 atom stereocenters. The number of hydrogen-bond donors (Lipinski definition) is 2. The summed E-state index contributed by atoms with van der Waals surface area (Å²) in [5.74, 6) is -0.375. The summed E-state index contributed by atoms with van der Waals surface area (Å²) in [5, 5.41) is 21.1. The number of aliphatic imine (C=N–C) groups is 1. The number of carbonyl (C=O) groups is 1. The summed E-state index contributed by atoms with van der Waals surface area (Å²) in [6.45, 7) is 1.52. The number of anilines is 1. The van der Waals surface area contributed by atoms with E-state index >= 15 is 0 Å². The SMILES string of the molecule is Cc1nc2ccc(S(=O)(=O)Nc3c(Cl)cc([N+](=O)[O-])cc3Cl)cc2c(=O)n1N1C(=O)/C(=C/c2ccc(O)cc2)N=C1c1ccccc1. The summed E-state index contributed by atoms with van der Waals surface area (Å²) in [4.78, 5) is 47.0. The van der Waals surface area contributed by atoms with Crippen molar-refractivity contribution in [3.63, 3.8) is 0 Å². The molecule has 6 rings (SSSR count). The number of non-ortho nitro benzene ring substituents is 1. The minimum Gasteiger partial charge on any atom is -0.508 e. The lowest BCUT2D eigenvalue weighted by molar-refractivity contribution is -0.384. The number of nitrogens with one attached hydrogen (secondary N) is 1. The highest BCUT2D eigenvalue weighted by Gasteiger charge is 2.35.